The summed E-state index contributed by atoms with van der Waals surface area (Å²) < 4.78 is 67.2. The molecule has 11 heteroatoms. The lowest BCUT2D eigenvalue weighted by molar-refractivity contribution is -0.140. The van der Waals surface area contributed by atoms with Crippen LogP contribution < -0.4 is 4.80 Å². The van der Waals surface area contributed by atoms with Crippen LogP contribution in [-0.2, 0) is 11.0 Å². The third kappa shape index (κ3) is 4.04. The van der Waals surface area contributed by atoms with E-state index in [0.29, 0.717) is 23.5 Å². The molecule has 3 rings (SSSR count). The van der Waals surface area contributed by atoms with Gasteiger partial charge in [-0.25, -0.2) is 13.6 Å². The van der Waals surface area contributed by atoms with Gasteiger partial charge in [0, 0.05) is 11.6 Å². The SMILES string of the molecule is CC(C(=O)O)n1c(=NC(=O)c2cccc(C(F)(F)F)c2)sc2cc(F)cc(F)c21. The first-order valence-corrected chi connectivity index (χ1v) is 8.80. The monoisotopic (exact) mass is 430 g/mol. The number of amides is 1. The molecule has 152 valence electrons. The number of nitrogens with zero attached hydrogens (tertiary/aromatic N) is 2. The van der Waals surface area contributed by atoms with Crippen molar-refractivity contribution >= 4 is 33.4 Å². The molecule has 0 bridgehead atoms. The zero-order valence-corrected chi connectivity index (χ0v) is 15.3. The van der Waals surface area contributed by atoms with Crippen molar-refractivity contribution in [3.05, 3.63) is 64.0 Å². The Labute approximate surface area is 163 Å². The molecule has 1 N–H and O–H groups in total. The summed E-state index contributed by atoms with van der Waals surface area (Å²) in [6.07, 6.45) is -4.67. The van der Waals surface area contributed by atoms with Crippen LogP contribution in [0.4, 0.5) is 22.0 Å². The number of aliphatic carboxylic acids is 1. The van der Waals surface area contributed by atoms with Crippen LogP contribution in [0, 0.1) is 11.6 Å². The number of hydrogen-bond donors (Lipinski definition) is 1. The Bertz CT molecular complexity index is 1200. The summed E-state index contributed by atoms with van der Waals surface area (Å²) in [5.74, 6) is -4.43. The Kier molecular flexibility index (Phi) is 5.26. The molecule has 0 aliphatic heterocycles. The van der Waals surface area contributed by atoms with Gasteiger partial charge in [0.1, 0.15) is 11.9 Å². The highest BCUT2D eigenvalue weighted by Crippen LogP contribution is 2.30. The molecule has 0 radical (unpaired) electrons. The number of carboxylic acids is 1. The molecule has 2 aromatic carbocycles. The number of alkyl halides is 3. The van der Waals surface area contributed by atoms with Gasteiger partial charge in [0.2, 0.25) is 0 Å². The van der Waals surface area contributed by atoms with E-state index >= 15 is 0 Å². The lowest BCUT2D eigenvalue weighted by Gasteiger charge is -2.10. The van der Waals surface area contributed by atoms with Crippen molar-refractivity contribution in [1.29, 1.82) is 0 Å². The maximum Gasteiger partial charge on any atom is 0.416 e. The van der Waals surface area contributed by atoms with Crippen molar-refractivity contribution in [3.63, 3.8) is 0 Å². The Morgan fingerprint density at radius 3 is 2.48 bits per heavy atom. The smallest absolute Gasteiger partial charge is 0.416 e. The second-order valence-corrected chi connectivity index (χ2v) is 7.01. The minimum atomic E-state index is -4.67. The van der Waals surface area contributed by atoms with Gasteiger partial charge in [0.25, 0.3) is 5.91 Å². The predicted octanol–water partition coefficient (Wildman–Crippen LogP) is 4.39. The lowest BCUT2D eigenvalue weighted by Crippen LogP contribution is -2.26. The van der Waals surface area contributed by atoms with Crippen LogP contribution in [0.3, 0.4) is 0 Å². The second kappa shape index (κ2) is 7.39. The molecule has 0 fully saturated rings. The number of carbonyl (C=O) groups excluding carboxylic acids is 1. The van der Waals surface area contributed by atoms with Gasteiger partial charge in [-0.05, 0) is 31.2 Å². The van der Waals surface area contributed by atoms with Crippen LogP contribution in [0.5, 0.6) is 0 Å². The van der Waals surface area contributed by atoms with Gasteiger partial charge in [-0.15, -0.1) is 0 Å². The molecule has 1 amide bonds. The van der Waals surface area contributed by atoms with E-state index in [2.05, 4.69) is 4.99 Å². The summed E-state index contributed by atoms with van der Waals surface area (Å²) in [5.41, 5.74) is -1.73. The van der Waals surface area contributed by atoms with Crippen molar-refractivity contribution < 1.29 is 36.6 Å². The maximum atomic E-state index is 14.3. The minimum Gasteiger partial charge on any atom is -0.480 e. The zero-order valence-electron chi connectivity index (χ0n) is 14.5. The molecule has 0 aliphatic rings. The summed E-state index contributed by atoms with van der Waals surface area (Å²) in [7, 11) is 0. The fourth-order valence-electron chi connectivity index (χ4n) is 2.62. The van der Waals surface area contributed by atoms with Crippen molar-refractivity contribution in [3.8, 4) is 0 Å². The molecule has 1 heterocycles. The van der Waals surface area contributed by atoms with Crippen LogP contribution in [0.25, 0.3) is 10.2 Å². The topological polar surface area (TPSA) is 71.7 Å². The largest absolute Gasteiger partial charge is 0.480 e. The number of carbonyl (C=O) groups is 2. The Morgan fingerprint density at radius 1 is 1.17 bits per heavy atom. The molecule has 1 aromatic heterocycles. The molecular formula is C18H11F5N2O3S. The van der Waals surface area contributed by atoms with Crippen LogP contribution in [0.1, 0.15) is 28.9 Å². The first kappa shape index (κ1) is 20.6. The van der Waals surface area contributed by atoms with E-state index in [0.717, 1.165) is 28.8 Å². The molecule has 29 heavy (non-hydrogen) atoms. The van der Waals surface area contributed by atoms with Gasteiger partial charge in [-0.2, -0.15) is 18.2 Å². The standard InChI is InChI=1S/C18H11F5N2O3S/c1-8(16(27)28)25-14-12(20)6-11(19)7-13(14)29-17(25)24-15(26)9-3-2-4-10(5-9)18(21,22)23/h2-8H,1H3,(H,27,28). The molecule has 1 unspecified atom stereocenters. The molecule has 0 saturated carbocycles. The second-order valence-electron chi connectivity index (χ2n) is 6.00. The number of aromatic nitrogens is 1. The quantitative estimate of drug-likeness (QED) is 0.627. The van der Waals surface area contributed by atoms with E-state index in [-0.39, 0.29) is 15.0 Å². The van der Waals surface area contributed by atoms with Gasteiger partial charge < -0.3 is 5.11 Å². The molecule has 0 saturated heterocycles. The number of fused-ring (bicyclic) bond motifs is 1. The van der Waals surface area contributed by atoms with Crippen molar-refractivity contribution in [2.45, 2.75) is 19.1 Å². The predicted molar refractivity (Wildman–Crippen MR) is 93.4 cm³/mol. The average molecular weight is 430 g/mol. The number of carboxylic acid groups (broad SMARTS) is 1. The van der Waals surface area contributed by atoms with E-state index in [4.69, 9.17) is 0 Å². The van der Waals surface area contributed by atoms with Gasteiger partial charge in [0.05, 0.1) is 15.8 Å². The molecule has 1 atom stereocenters. The molecular weight excluding hydrogens is 419 g/mol. The highest BCUT2D eigenvalue weighted by atomic mass is 32.1. The lowest BCUT2D eigenvalue weighted by atomic mass is 10.1. The van der Waals surface area contributed by atoms with Crippen LogP contribution in [0.15, 0.2) is 41.4 Å². The van der Waals surface area contributed by atoms with Gasteiger partial charge in [-0.1, -0.05) is 17.4 Å². The fraction of sp³-hybridized carbons (Fsp3) is 0.167. The number of thiazole rings is 1. The van der Waals surface area contributed by atoms with Crippen LogP contribution in [0.2, 0.25) is 0 Å². The summed E-state index contributed by atoms with van der Waals surface area (Å²) >= 11 is 0.641. The van der Waals surface area contributed by atoms with E-state index in [9.17, 15) is 36.6 Å². The zero-order chi connectivity index (χ0) is 21.5. The Morgan fingerprint density at radius 2 is 1.86 bits per heavy atom. The summed E-state index contributed by atoms with van der Waals surface area (Å²) in [6.45, 7) is 1.20. The van der Waals surface area contributed by atoms with Crippen molar-refractivity contribution in [1.82, 2.24) is 4.57 Å². The third-order valence-electron chi connectivity index (χ3n) is 4.02. The van der Waals surface area contributed by atoms with Crippen LogP contribution in [-0.4, -0.2) is 21.6 Å². The van der Waals surface area contributed by atoms with Gasteiger partial charge >= 0.3 is 12.1 Å². The summed E-state index contributed by atoms with van der Waals surface area (Å²) in [5, 5.41) is 9.30. The number of hydrogen-bond acceptors (Lipinski definition) is 3. The first-order chi connectivity index (χ1) is 13.5. The van der Waals surface area contributed by atoms with Crippen LogP contribution >= 0.6 is 11.3 Å². The number of benzene rings is 2. The maximum absolute atomic E-state index is 14.3. The van der Waals surface area contributed by atoms with E-state index in [1.165, 1.54) is 6.92 Å². The molecule has 0 aliphatic carbocycles. The normalized spacial score (nSPS) is 13.7. The average Bonchev–Trinajstić information content (AvgIpc) is 2.98. The van der Waals surface area contributed by atoms with Gasteiger partial charge in [-0.3, -0.25) is 9.36 Å². The molecule has 5 nitrogen and oxygen atoms in total. The van der Waals surface area contributed by atoms with E-state index in [1.54, 1.807) is 0 Å². The number of rotatable bonds is 3. The number of halogens is 5. The highest BCUT2D eigenvalue weighted by Gasteiger charge is 2.31. The highest BCUT2D eigenvalue weighted by molar-refractivity contribution is 7.16. The minimum absolute atomic E-state index is 0.00816. The summed E-state index contributed by atoms with van der Waals surface area (Å²) in [6, 6.07) is 3.64. The third-order valence-corrected chi connectivity index (χ3v) is 5.02. The summed E-state index contributed by atoms with van der Waals surface area (Å²) in [4.78, 5) is 27.2. The fourth-order valence-corrected chi connectivity index (χ4v) is 3.76. The van der Waals surface area contributed by atoms with Gasteiger partial charge in [0.15, 0.2) is 10.6 Å². The van der Waals surface area contributed by atoms with E-state index < -0.39 is 46.9 Å². The van der Waals surface area contributed by atoms with Crippen molar-refractivity contribution in [2.24, 2.45) is 4.99 Å². The Hall–Kier alpha value is -3.08. The molecule has 3 aromatic rings. The first-order valence-electron chi connectivity index (χ1n) is 7.98. The van der Waals surface area contributed by atoms with E-state index in [1.807, 2.05) is 0 Å². The molecule has 0 spiro atoms. The Balaban J connectivity index is 2.22. The van der Waals surface area contributed by atoms with Crippen molar-refractivity contribution in [2.75, 3.05) is 0 Å².